The Bertz CT molecular complexity index is 907. The smallest absolute Gasteiger partial charge is 0.280 e. The lowest BCUT2D eigenvalue weighted by molar-refractivity contribution is -0.682. The second kappa shape index (κ2) is 7.93. The summed E-state index contributed by atoms with van der Waals surface area (Å²) in [7, 11) is 0. The molecule has 1 aromatic heterocycles. The van der Waals surface area contributed by atoms with Crippen molar-refractivity contribution in [2.24, 2.45) is 0 Å². The van der Waals surface area contributed by atoms with Crippen molar-refractivity contribution in [1.29, 1.82) is 5.26 Å². The highest BCUT2D eigenvalue weighted by Gasteiger charge is 2.24. The fourth-order valence-electron chi connectivity index (χ4n) is 3.09. The minimum atomic E-state index is -0.539. The van der Waals surface area contributed by atoms with Gasteiger partial charge < -0.3 is 10.6 Å². The quantitative estimate of drug-likeness (QED) is 0.732. The first kappa shape index (κ1) is 19.1. The first-order chi connectivity index (χ1) is 12.4. The lowest BCUT2D eigenvalue weighted by Gasteiger charge is -2.13. The Hall–Kier alpha value is -1.65. The molecule has 0 fully saturated rings. The number of amides is 1. The lowest BCUT2D eigenvalue weighted by Crippen LogP contribution is -2.86. The molecule has 3 rings (SSSR count). The van der Waals surface area contributed by atoms with Crippen LogP contribution in [0.25, 0.3) is 0 Å². The number of nitriles is 1. The van der Waals surface area contributed by atoms with E-state index in [4.69, 9.17) is 23.2 Å². The minimum absolute atomic E-state index is 0.0292. The van der Waals surface area contributed by atoms with Gasteiger partial charge in [0, 0.05) is 10.4 Å². The third-order valence-electron chi connectivity index (χ3n) is 4.47. The molecule has 4 nitrogen and oxygen atoms in total. The van der Waals surface area contributed by atoms with Crippen molar-refractivity contribution in [2.75, 3.05) is 11.9 Å². The van der Waals surface area contributed by atoms with Crippen LogP contribution in [0.3, 0.4) is 0 Å². The van der Waals surface area contributed by atoms with Crippen molar-refractivity contribution in [2.45, 2.75) is 32.2 Å². The van der Waals surface area contributed by atoms with Crippen LogP contribution in [0.4, 0.5) is 9.39 Å². The van der Waals surface area contributed by atoms with Crippen LogP contribution < -0.4 is 10.6 Å². The zero-order valence-electron chi connectivity index (χ0n) is 14.0. The molecular weight excluding hydrogens is 396 g/mol. The summed E-state index contributed by atoms with van der Waals surface area (Å²) in [5, 5.41) is 14.9. The molecule has 0 saturated heterocycles. The highest BCUT2D eigenvalue weighted by atomic mass is 35.5. The number of hydrogen-bond donors (Lipinski definition) is 2. The van der Waals surface area contributed by atoms with Crippen molar-refractivity contribution in [3.63, 3.8) is 0 Å². The van der Waals surface area contributed by atoms with Gasteiger partial charge in [0.15, 0.2) is 6.54 Å². The first-order valence-corrected chi connectivity index (χ1v) is 9.80. The number of aryl methyl sites for hydroxylation is 1. The van der Waals surface area contributed by atoms with E-state index in [0.717, 1.165) is 24.8 Å². The summed E-state index contributed by atoms with van der Waals surface area (Å²) in [6.07, 6.45) is 2.93. The number of hydrogen-bond acceptors (Lipinski definition) is 3. The summed E-state index contributed by atoms with van der Waals surface area (Å²) in [6, 6.07) is 4.64. The molecule has 1 aromatic carbocycles. The van der Waals surface area contributed by atoms with Crippen LogP contribution in [-0.2, 0) is 17.6 Å². The van der Waals surface area contributed by atoms with Crippen LogP contribution in [0.5, 0.6) is 0 Å². The molecule has 8 heteroatoms. The molecule has 1 aliphatic carbocycles. The maximum absolute atomic E-state index is 13.7. The molecule has 0 aliphatic heterocycles. The number of quaternary nitrogens is 1. The SMILES string of the molecule is C[C@H]([NH2+]CC(=O)Nc1sc2c(c1C#N)CCC2)c1cc(F)c(Cl)cc1Cl. The maximum atomic E-state index is 13.7. The van der Waals surface area contributed by atoms with Gasteiger partial charge in [-0.2, -0.15) is 5.26 Å². The molecule has 2 aromatic rings. The summed E-state index contributed by atoms with van der Waals surface area (Å²) in [4.78, 5) is 13.5. The van der Waals surface area contributed by atoms with E-state index in [1.54, 1.807) is 5.32 Å². The molecule has 1 amide bonds. The van der Waals surface area contributed by atoms with Gasteiger partial charge in [0.05, 0.1) is 15.6 Å². The molecular formula is C18H17Cl2FN3OS+. The van der Waals surface area contributed by atoms with Crippen LogP contribution in [0, 0.1) is 17.1 Å². The van der Waals surface area contributed by atoms with Gasteiger partial charge in [0.1, 0.15) is 22.9 Å². The molecule has 3 N–H and O–H groups in total. The number of nitrogens with zero attached hydrogens (tertiary/aromatic N) is 1. The lowest BCUT2D eigenvalue weighted by atomic mass is 10.1. The Morgan fingerprint density at radius 1 is 1.42 bits per heavy atom. The summed E-state index contributed by atoms with van der Waals surface area (Å²) in [6.45, 7) is 1.97. The van der Waals surface area contributed by atoms with E-state index in [1.807, 2.05) is 6.92 Å². The standard InChI is InChI=1S/C18H16Cl2FN3OS/c1-9(11-5-15(21)14(20)6-13(11)19)23-8-17(25)24-18-12(7-22)10-3-2-4-16(10)26-18/h5-6,9,23H,2-4,8H2,1H3,(H,24,25)/p+1/t9-/m0/s1. The van der Waals surface area contributed by atoms with Gasteiger partial charge in [0.25, 0.3) is 5.91 Å². The summed E-state index contributed by atoms with van der Waals surface area (Å²) in [5.74, 6) is -0.749. The molecule has 1 atom stereocenters. The Balaban J connectivity index is 1.63. The average Bonchev–Trinajstić information content (AvgIpc) is 3.16. The van der Waals surface area contributed by atoms with Gasteiger partial charge >= 0.3 is 0 Å². The summed E-state index contributed by atoms with van der Waals surface area (Å²) < 4.78 is 13.7. The number of nitrogens with one attached hydrogen (secondary N) is 1. The number of carbonyl (C=O) groups excluding carboxylic acids is 1. The van der Waals surface area contributed by atoms with E-state index in [2.05, 4.69) is 11.4 Å². The Morgan fingerprint density at radius 2 is 2.19 bits per heavy atom. The van der Waals surface area contributed by atoms with Gasteiger partial charge in [-0.05, 0) is 43.9 Å². The topological polar surface area (TPSA) is 69.5 Å². The number of anilines is 1. The van der Waals surface area contributed by atoms with Gasteiger partial charge in [-0.15, -0.1) is 11.3 Å². The van der Waals surface area contributed by atoms with Crippen molar-refractivity contribution in [3.05, 3.63) is 49.6 Å². The van der Waals surface area contributed by atoms with E-state index < -0.39 is 5.82 Å². The second-order valence-electron chi connectivity index (χ2n) is 6.24. The number of halogens is 3. The zero-order chi connectivity index (χ0) is 18.8. The van der Waals surface area contributed by atoms with Crippen LogP contribution in [-0.4, -0.2) is 12.5 Å². The molecule has 136 valence electrons. The van der Waals surface area contributed by atoms with Gasteiger partial charge in [-0.1, -0.05) is 23.2 Å². The van der Waals surface area contributed by atoms with Crippen molar-refractivity contribution in [1.82, 2.24) is 0 Å². The number of rotatable bonds is 5. The van der Waals surface area contributed by atoms with E-state index in [0.29, 0.717) is 21.2 Å². The second-order valence-corrected chi connectivity index (χ2v) is 8.16. The summed E-state index contributed by atoms with van der Waals surface area (Å²) >= 11 is 13.3. The third kappa shape index (κ3) is 3.86. The third-order valence-corrected chi connectivity index (χ3v) is 6.30. The van der Waals surface area contributed by atoms with Crippen molar-refractivity contribution >= 4 is 45.4 Å². The summed E-state index contributed by atoms with van der Waals surface area (Å²) in [5.41, 5.74) is 2.24. The molecule has 0 bridgehead atoms. The molecule has 0 radical (unpaired) electrons. The van der Waals surface area contributed by atoms with Gasteiger partial charge in [0.2, 0.25) is 0 Å². The fraction of sp³-hybridized carbons (Fsp3) is 0.333. The Labute approximate surface area is 164 Å². The number of benzene rings is 1. The van der Waals surface area contributed by atoms with Crippen molar-refractivity contribution < 1.29 is 14.5 Å². The first-order valence-electron chi connectivity index (χ1n) is 8.23. The van der Waals surface area contributed by atoms with E-state index in [9.17, 15) is 14.4 Å². The molecule has 0 spiro atoms. The number of carbonyl (C=O) groups is 1. The van der Waals surface area contributed by atoms with E-state index in [1.165, 1.54) is 28.3 Å². The van der Waals surface area contributed by atoms with Gasteiger partial charge in [-0.25, -0.2) is 4.39 Å². The largest absolute Gasteiger partial charge is 0.332 e. The normalized spacial score (nSPS) is 14.0. The monoisotopic (exact) mass is 412 g/mol. The highest BCUT2D eigenvalue weighted by Crippen LogP contribution is 2.38. The maximum Gasteiger partial charge on any atom is 0.280 e. The predicted molar refractivity (Wildman–Crippen MR) is 101 cm³/mol. The van der Waals surface area contributed by atoms with Gasteiger partial charge in [-0.3, -0.25) is 4.79 Å². The van der Waals surface area contributed by atoms with E-state index in [-0.39, 0.29) is 23.5 Å². The predicted octanol–water partition coefficient (Wildman–Crippen LogP) is 3.82. The molecule has 26 heavy (non-hydrogen) atoms. The zero-order valence-corrected chi connectivity index (χ0v) is 16.4. The molecule has 1 aliphatic rings. The average molecular weight is 413 g/mol. The number of thiophene rings is 1. The fourth-order valence-corrected chi connectivity index (χ4v) is 4.90. The molecule has 0 unspecified atom stereocenters. The van der Waals surface area contributed by atoms with Crippen LogP contribution in [0.1, 0.15) is 41.0 Å². The molecule has 1 heterocycles. The molecule has 0 saturated carbocycles. The highest BCUT2D eigenvalue weighted by molar-refractivity contribution is 7.16. The van der Waals surface area contributed by atoms with E-state index >= 15 is 0 Å². The minimum Gasteiger partial charge on any atom is -0.332 e. The van der Waals surface area contributed by atoms with Crippen LogP contribution in [0.2, 0.25) is 10.0 Å². The number of nitrogens with two attached hydrogens (primary N) is 1. The Kier molecular flexibility index (Phi) is 5.83. The van der Waals surface area contributed by atoms with Crippen LogP contribution in [0.15, 0.2) is 12.1 Å². The van der Waals surface area contributed by atoms with Crippen LogP contribution >= 0.6 is 34.5 Å². The van der Waals surface area contributed by atoms with Crippen molar-refractivity contribution in [3.8, 4) is 6.07 Å². The Morgan fingerprint density at radius 3 is 2.92 bits per heavy atom. The number of fused-ring (bicyclic) bond motifs is 1.